The molecule has 1 heterocycles. The largest absolute Gasteiger partial charge is 0.461 e. The number of benzene rings is 1. The zero-order chi connectivity index (χ0) is 13.3. The van der Waals surface area contributed by atoms with E-state index in [2.05, 4.69) is 0 Å². The first kappa shape index (κ1) is 12.4. The van der Waals surface area contributed by atoms with Crippen LogP contribution in [0.3, 0.4) is 0 Å². The Hall–Kier alpha value is -2.04. The molecule has 0 bridgehead atoms. The van der Waals surface area contributed by atoms with Gasteiger partial charge in [0, 0.05) is 5.56 Å². The molecule has 0 unspecified atom stereocenters. The van der Waals surface area contributed by atoms with Crippen LogP contribution in [-0.2, 0) is 6.18 Å². The molecular formula is C13H9F3O2. The monoisotopic (exact) mass is 254 g/mol. The number of hydrogen-bond acceptors (Lipinski definition) is 2. The van der Waals surface area contributed by atoms with Gasteiger partial charge in [-0.3, -0.25) is 4.79 Å². The summed E-state index contributed by atoms with van der Waals surface area (Å²) in [7, 11) is 0. The van der Waals surface area contributed by atoms with E-state index in [1.807, 2.05) is 0 Å². The van der Waals surface area contributed by atoms with E-state index in [0.29, 0.717) is 5.56 Å². The van der Waals surface area contributed by atoms with Crippen LogP contribution >= 0.6 is 0 Å². The SMILES string of the molecule is Cc1ccoc1C(=O)c1ccc(C(F)(F)F)cc1. The summed E-state index contributed by atoms with van der Waals surface area (Å²) in [4.78, 5) is 11.9. The Kier molecular flexibility index (Phi) is 2.98. The highest BCUT2D eigenvalue weighted by atomic mass is 19.4. The van der Waals surface area contributed by atoms with E-state index in [1.54, 1.807) is 13.0 Å². The lowest BCUT2D eigenvalue weighted by molar-refractivity contribution is -0.137. The summed E-state index contributed by atoms with van der Waals surface area (Å²) in [6.07, 6.45) is -3.03. The van der Waals surface area contributed by atoms with E-state index in [-0.39, 0.29) is 11.3 Å². The van der Waals surface area contributed by atoms with Gasteiger partial charge in [-0.15, -0.1) is 0 Å². The molecule has 1 aromatic heterocycles. The highest BCUT2D eigenvalue weighted by molar-refractivity contribution is 6.07. The molecular weight excluding hydrogens is 245 g/mol. The van der Waals surface area contributed by atoms with Crippen molar-refractivity contribution in [2.45, 2.75) is 13.1 Å². The van der Waals surface area contributed by atoms with Gasteiger partial charge >= 0.3 is 6.18 Å². The highest BCUT2D eigenvalue weighted by Gasteiger charge is 2.30. The Balaban J connectivity index is 2.31. The topological polar surface area (TPSA) is 30.2 Å². The molecule has 0 saturated heterocycles. The van der Waals surface area contributed by atoms with Crippen LogP contribution in [0, 0.1) is 6.92 Å². The van der Waals surface area contributed by atoms with Gasteiger partial charge in [0.05, 0.1) is 11.8 Å². The zero-order valence-corrected chi connectivity index (χ0v) is 9.41. The van der Waals surface area contributed by atoms with Crippen molar-refractivity contribution in [3.05, 3.63) is 59.0 Å². The second-order valence-corrected chi connectivity index (χ2v) is 3.84. The van der Waals surface area contributed by atoms with Gasteiger partial charge in [-0.2, -0.15) is 13.2 Å². The third kappa shape index (κ3) is 2.30. The number of furan rings is 1. The predicted octanol–water partition coefficient (Wildman–Crippen LogP) is 3.84. The number of aryl methyl sites for hydroxylation is 1. The lowest BCUT2D eigenvalue weighted by atomic mass is 10.0. The molecule has 0 aliphatic rings. The molecule has 0 spiro atoms. The number of carbonyl (C=O) groups excluding carboxylic acids is 1. The Morgan fingerprint density at radius 3 is 2.17 bits per heavy atom. The van der Waals surface area contributed by atoms with E-state index in [0.717, 1.165) is 24.3 Å². The summed E-state index contributed by atoms with van der Waals surface area (Å²) in [5.74, 6) is -0.277. The Labute approximate surface area is 101 Å². The van der Waals surface area contributed by atoms with Gasteiger partial charge in [0.15, 0.2) is 5.76 Å². The number of rotatable bonds is 2. The van der Waals surface area contributed by atoms with Crippen molar-refractivity contribution in [1.29, 1.82) is 0 Å². The summed E-state index contributed by atoms with van der Waals surface area (Å²) >= 11 is 0. The molecule has 18 heavy (non-hydrogen) atoms. The maximum atomic E-state index is 12.4. The minimum atomic E-state index is -4.40. The summed E-state index contributed by atoms with van der Waals surface area (Å²) < 4.78 is 42.1. The van der Waals surface area contributed by atoms with Crippen LogP contribution in [0.4, 0.5) is 13.2 Å². The predicted molar refractivity (Wildman–Crippen MR) is 58.3 cm³/mol. The second-order valence-electron chi connectivity index (χ2n) is 3.84. The van der Waals surface area contributed by atoms with Crippen LogP contribution in [-0.4, -0.2) is 5.78 Å². The minimum absolute atomic E-state index is 0.148. The zero-order valence-electron chi connectivity index (χ0n) is 9.41. The average molecular weight is 254 g/mol. The molecule has 0 aliphatic carbocycles. The molecule has 1 aromatic carbocycles. The molecule has 0 saturated carbocycles. The summed E-state index contributed by atoms with van der Waals surface area (Å²) in [6.45, 7) is 1.70. The number of halogens is 3. The third-order valence-electron chi connectivity index (χ3n) is 2.54. The van der Waals surface area contributed by atoms with Crippen LogP contribution in [0.5, 0.6) is 0 Å². The molecule has 94 valence electrons. The standard InChI is InChI=1S/C13H9F3O2/c1-8-6-7-18-12(8)11(17)9-2-4-10(5-3-9)13(14,15)16/h2-7H,1H3. The van der Waals surface area contributed by atoms with Gasteiger partial charge < -0.3 is 4.42 Å². The number of ketones is 1. The first-order chi connectivity index (χ1) is 8.39. The van der Waals surface area contributed by atoms with Crippen LogP contribution in [0.2, 0.25) is 0 Å². The second kappa shape index (κ2) is 4.33. The summed E-state index contributed by atoms with van der Waals surface area (Å²) in [5, 5.41) is 0. The van der Waals surface area contributed by atoms with Crippen molar-refractivity contribution >= 4 is 5.78 Å². The molecule has 0 atom stereocenters. The fourth-order valence-electron chi connectivity index (χ4n) is 1.55. The molecule has 2 rings (SSSR count). The number of hydrogen-bond donors (Lipinski definition) is 0. The number of alkyl halides is 3. The highest BCUT2D eigenvalue weighted by Crippen LogP contribution is 2.29. The van der Waals surface area contributed by atoms with Crippen molar-refractivity contribution in [1.82, 2.24) is 0 Å². The van der Waals surface area contributed by atoms with E-state index in [9.17, 15) is 18.0 Å². The van der Waals surface area contributed by atoms with Crippen LogP contribution in [0.15, 0.2) is 41.0 Å². The van der Waals surface area contributed by atoms with Crippen LogP contribution in [0.25, 0.3) is 0 Å². The van der Waals surface area contributed by atoms with E-state index < -0.39 is 17.5 Å². The molecule has 0 fully saturated rings. The van der Waals surface area contributed by atoms with Gasteiger partial charge in [0.25, 0.3) is 0 Å². The Morgan fingerprint density at radius 2 is 1.72 bits per heavy atom. The van der Waals surface area contributed by atoms with E-state index in [4.69, 9.17) is 4.42 Å². The minimum Gasteiger partial charge on any atom is -0.461 e. The maximum absolute atomic E-state index is 12.4. The van der Waals surface area contributed by atoms with Crippen molar-refractivity contribution in [2.75, 3.05) is 0 Å². The maximum Gasteiger partial charge on any atom is 0.416 e. The van der Waals surface area contributed by atoms with E-state index in [1.165, 1.54) is 6.26 Å². The van der Waals surface area contributed by atoms with Crippen LogP contribution in [0.1, 0.15) is 27.2 Å². The molecule has 2 nitrogen and oxygen atoms in total. The lowest BCUT2D eigenvalue weighted by Gasteiger charge is -2.06. The van der Waals surface area contributed by atoms with Gasteiger partial charge in [0.1, 0.15) is 0 Å². The molecule has 0 amide bonds. The van der Waals surface area contributed by atoms with Crippen LogP contribution < -0.4 is 0 Å². The third-order valence-corrected chi connectivity index (χ3v) is 2.54. The summed E-state index contributed by atoms with van der Waals surface area (Å²) in [5.41, 5.74) is 0.0381. The van der Waals surface area contributed by atoms with Gasteiger partial charge in [-0.05, 0) is 30.7 Å². The first-order valence-electron chi connectivity index (χ1n) is 5.15. The number of carbonyl (C=O) groups is 1. The quantitative estimate of drug-likeness (QED) is 0.762. The molecule has 0 radical (unpaired) electrons. The average Bonchev–Trinajstić information content (AvgIpc) is 2.73. The molecule has 5 heteroatoms. The van der Waals surface area contributed by atoms with Gasteiger partial charge in [0.2, 0.25) is 5.78 Å². The van der Waals surface area contributed by atoms with Crippen molar-refractivity contribution in [3.63, 3.8) is 0 Å². The summed E-state index contributed by atoms with van der Waals surface area (Å²) in [6, 6.07) is 5.68. The molecule has 0 N–H and O–H groups in total. The lowest BCUT2D eigenvalue weighted by Crippen LogP contribution is -2.06. The fourth-order valence-corrected chi connectivity index (χ4v) is 1.55. The Morgan fingerprint density at radius 1 is 1.11 bits per heavy atom. The fraction of sp³-hybridized carbons (Fsp3) is 0.154. The molecule has 0 aliphatic heterocycles. The Bertz CT molecular complexity index is 565. The first-order valence-corrected chi connectivity index (χ1v) is 5.15. The van der Waals surface area contributed by atoms with E-state index >= 15 is 0 Å². The van der Waals surface area contributed by atoms with Crippen molar-refractivity contribution in [2.24, 2.45) is 0 Å². The smallest absolute Gasteiger partial charge is 0.416 e. The van der Waals surface area contributed by atoms with Gasteiger partial charge in [-0.1, -0.05) is 12.1 Å². The molecule has 2 aromatic rings. The van der Waals surface area contributed by atoms with Gasteiger partial charge in [-0.25, -0.2) is 0 Å². The van der Waals surface area contributed by atoms with Crippen molar-refractivity contribution in [3.8, 4) is 0 Å². The normalized spacial score (nSPS) is 11.6. The van der Waals surface area contributed by atoms with Crippen molar-refractivity contribution < 1.29 is 22.4 Å².